The number of halogens is 1. The van der Waals surface area contributed by atoms with Crippen LogP contribution in [0.15, 0.2) is 82.5 Å². The molecule has 3 aromatic rings. The lowest BCUT2D eigenvalue weighted by Gasteiger charge is -2.49. The molecule has 3 amide bonds. The lowest BCUT2D eigenvalue weighted by molar-refractivity contribution is -0.179. The number of carbonyl (C=O) groups excluding carboxylic acids is 5. The van der Waals surface area contributed by atoms with Crippen LogP contribution >= 0.6 is 45.7 Å². The summed E-state index contributed by atoms with van der Waals surface area (Å²) in [5.41, 5.74) is -1.22. The molecule has 2 atom stereocenters. The Morgan fingerprint density at radius 2 is 1.52 bits per heavy atom. The van der Waals surface area contributed by atoms with Crippen LogP contribution in [0.5, 0.6) is 0 Å². The quantitative estimate of drug-likeness (QED) is 0.0374. The maximum absolute atomic E-state index is 14.1. The molecule has 3 heterocycles. The van der Waals surface area contributed by atoms with Gasteiger partial charge in [0, 0.05) is 15.6 Å². The third kappa shape index (κ3) is 10.5. The molecule has 0 saturated carbocycles. The summed E-state index contributed by atoms with van der Waals surface area (Å²) in [6, 6.07) is 17.6. The van der Waals surface area contributed by atoms with E-state index in [-0.39, 0.29) is 22.2 Å². The third-order valence-electron chi connectivity index (χ3n) is 7.94. The highest BCUT2D eigenvalue weighted by Gasteiger charge is 2.55. The SMILES string of the molecule is CC(C)(C)OC(=O)Nc1nc(/C(=N/OC(C)(C)C(=O)OC(C)(C)C)C(=O)NC2C(=O)N3C(C(=O)OC(c4ccccc4)c4ccccc4)=C(CI)CSC23)cs1. The van der Waals surface area contributed by atoms with Crippen LogP contribution in [-0.4, -0.2) is 83.8 Å². The third-order valence-corrected chi connectivity index (χ3v) is 11.0. The number of anilines is 1. The number of hydrogen-bond acceptors (Lipinski definition) is 13. The van der Waals surface area contributed by atoms with Crippen molar-refractivity contribution < 1.29 is 43.0 Å². The number of benzene rings is 2. The highest BCUT2D eigenvalue weighted by atomic mass is 127. The predicted octanol–water partition coefficient (Wildman–Crippen LogP) is 6.75. The normalized spacial score (nSPS) is 17.4. The Morgan fingerprint density at radius 1 is 0.929 bits per heavy atom. The topological polar surface area (TPSA) is 175 Å². The van der Waals surface area contributed by atoms with Crippen molar-refractivity contribution >= 4 is 86.4 Å². The Kier molecular flexibility index (Phi) is 13.2. The van der Waals surface area contributed by atoms with E-state index < -0.39 is 64.2 Å². The second-order valence-electron chi connectivity index (χ2n) is 15.3. The summed E-state index contributed by atoms with van der Waals surface area (Å²) >= 11 is 4.54. The zero-order valence-electron chi connectivity index (χ0n) is 32.2. The second-order valence-corrected chi connectivity index (χ2v) is 18.0. The highest BCUT2D eigenvalue weighted by molar-refractivity contribution is 14.1. The summed E-state index contributed by atoms with van der Waals surface area (Å²) in [5.74, 6) is -2.36. The minimum Gasteiger partial charge on any atom is -0.457 e. The Hall–Kier alpha value is -4.49. The van der Waals surface area contributed by atoms with E-state index >= 15 is 0 Å². The first-order chi connectivity index (χ1) is 26.3. The molecule has 0 spiro atoms. The van der Waals surface area contributed by atoms with Gasteiger partial charge in [-0.2, -0.15) is 0 Å². The average molecular weight is 918 g/mol. The van der Waals surface area contributed by atoms with Gasteiger partial charge < -0.3 is 24.4 Å². The maximum atomic E-state index is 14.1. The van der Waals surface area contributed by atoms with Gasteiger partial charge in [-0.05, 0) is 72.1 Å². The standard InChI is InChI=1S/C39H44IN5O9S2/c1-37(2,3)52-34(49)39(7,8)54-44-26(25-21-56-35(41-25)43-36(50)53-38(4,5)6)30(46)42-27-31(47)45-28(24(19-40)20-55-32(27)45)33(48)51-29(22-15-11-9-12-16-22)23-17-13-10-14-18-23/h9-18,21,27,29,32H,19-20H2,1-8H3,(H,42,46)(H,41,43,50)/b44-26-. The first-order valence-electron chi connectivity index (χ1n) is 17.6. The first-order valence-corrected chi connectivity index (χ1v) is 21.0. The molecule has 1 aromatic heterocycles. The van der Waals surface area contributed by atoms with Crippen molar-refractivity contribution in [3.8, 4) is 0 Å². The number of thiazole rings is 1. The summed E-state index contributed by atoms with van der Waals surface area (Å²) in [7, 11) is 0. The molecule has 56 heavy (non-hydrogen) atoms. The summed E-state index contributed by atoms with van der Waals surface area (Å²) in [6.07, 6.45) is -1.49. The fourth-order valence-electron chi connectivity index (χ4n) is 5.36. The van der Waals surface area contributed by atoms with Gasteiger partial charge in [0.05, 0.1) is 0 Å². The molecule has 5 rings (SSSR count). The smallest absolute Gasteiger partial charge is 0.413 e. The molecule has 14 nitrogen and oxygen atoms in total. The molecule has 1 saturated heterocycles. The van der Waals surface area contributed by atoms with Crippen molar-refractivity contribution in [2.24, 2.45) is 5.16 Å². The van der Waals surface area contributed by atoms with E-state index in [1.54, 1.807) is 41.5 Å². The molecule has 298 valence electrons. The van der Waals surface area contributed by atoms with Crippen molar-refractivity contribution in [3.05, 3.63) is 94.1 Å². The number of oxime groups is 1. The zero-order valence-corrected chi connectivity index (χ0v) is 36.0. The summed E-state index contributed by atoms with van der Waals surface area (Å²) < 4.78 is 17.4. The van der Waals surface area contributed by atoms with Crippen LogP contribution in [0.3, 0.4) is 0 Å². The molecule has 17 heteroatoms. The number of β-lactam (4-membered cyclic amide) rings is 1. The summed E-state index contributed by atoms with van der Waals surface area (Å²) in [4.78, 5) is 78.7. The number of carbonyl (C=O) groups is 5. The number of alkyl halides is 1. The number of thioether (sulfide) groups is 1. The Morgan fingerprint density at radius 3 is 2.07 bits per heavy atom. The average Bonchev–Trinajstić information content (AvgIpc) is 3.58. The number of aromatic nitrogens is 1. The summed E-state index contributed by atoms with van der Waals surface area (Å²) in [6.45, 7) is 13.1. The number of hydrogen-bond donors (Lipinski definition) is 2. The van der Waals surface area contributed by atoms with Crippen molar-refractivity contribution in [2.75, 3.05) is 15.5 Å². The molecular formula is C39H44IN5O9S2. The van der Waals surface area contributed by atoms with E-state index in [9.17, 15) is 24.0 Å². The van der Waals surface area contributed by atoms with Crippen LogP contribution < -0.4 is 10.6 Å². The molecule has 1 fully saturated rings. The van der Waals surface area contributed by atoms with E-state index in [1.807, 2.05) is 60.7 Å². The van der Waals surface area contributed by atoms with Crippen LogP contribution in [0.2, 0.25) is 0 Å². The van der Waals surface area contributed by atoms with Crippen LogP contribution in [-0.2, 0) is 38.2 Å². The minimum atomic E-state index is -1.64. The van der Waals surface area contributed by atoms with E-state index in [0.717, 1.165) is 28.0 Å². The number of amides is 3. The number of ether oxygens (including phenoxy) is 3. The van der Waals surface area contributed by atoms with Gasteiger partial charge in [0.2, 0.25) is 5.60 Å². The molecule has 0 aliphatic carbocycles. The molecule has 2 unspecified atom stereocenters. The van der Waals surface area contributed by atoms with Crippen molar-refractivity contribution in [3.63, 3.8) is 0 Å². The van der Waals surface area contributed by atoms with Gasteiger partial charge in [0.25, 0.3) is 11.8 Å². The van der Waals surface area contributed by atoms with Crippen LogP contribution in [0.4, 0.5) is 9.93 Å². The molecular weight excluding hydrogens is 873 g/mol. The molecule has 0 radical (unpaired) electrons. The lowest BCUT2D eigenvalue weighted by Crippen LogP contribution is -2.71. The van der Waals surface area contributed by atoms with Gasteiger partial charge in [-0.25, -0.2) is 19.4 Å². The molecule has 2 N–H and O–H groups in total. The largest absolute Gasteiger partial charge is 0.457 e. The fraction of sp³-hybridized carbons (Fsp3) is 0.410. The van der Waals surface area contributed by atoms with E-state index in [4.69, 9.17) is 19.0 Å². The number of fused-ring (bicyclic) bond motifs is 1. The van der Waals surface area contributed by atoms with Crippen molar-refractivity contribution in [2.45, 2.75) is 89.7 Å². The van der Waals surface area contributed by atoms with Gasteiger partial charge in [-0.1, -0.05) is 88.4 Å². The summed E-state index contributed by atoms with van der Waals surface area (Å²) in [5, 5.41) is 10.2. The zero-order chi connectivity index (χ0) is 41.0. The lowest BCUT2D eigenvalue weighted by atomic mass is 10.0. The predicted molar refractivity (Wildman–Crippen MR) is 221 cm³/mol. The first kappa shape index (κ1) is 42.6. The molecule has 2 aliphatic rings. The van der Waals surface area contributed by atoms with E-state index in [2.05, 4.69) is 43.4 Å². The van der Waals surface area contributed by atoms with Gasteiger partial charge in [0.15, 0.2) is 16.9 Å². The van der Waals surface area contributed by atoms with Crippen molar-refractivity contribution in [1.29, 1.82) is 0 Å². The molecule has 0 bridgehead atoms. The Bertz CT molecular complexity index is 1980. The fourth-order valence-corrected chi connectivity index (χ4v) is 8.39. The number of nitrogens with one attached hydrogen (secondary N) is 2. The Balaban J connectivity index is 1.39. The van der Waals surface area contributed by atoms with Gasteiger partial charge >= 0.3 is 18.0 Å². The van der Waals surface area contributed by atoms with Crippen molar-refractivity contribution in [1.82, 2.24) is 15.2 Å². The number of nitrogens with zero attached hydrogens (tertiary/aromatic N) is 3. The number of esters is 2. The van der Waals surface area contributed by atoms with Crippen LogP contribution in [0.25, 0.3) is 0 Å². The molecule has 2 aliphatic heterocycles. The van der Waals surface area contributed by atoms with Crippen LogP contribution in [0, 0.1) is 0 Å². The van der Waals surface area contributed by atoms with E-state index in [0.29, 0.717) is 10.2 Å². The number of rotatable bonds is 12. The highest BCUT2D eigenvalue weighted by Crippen LogP contribution is 2.42. The maximum Gasteiger partial charge on any atom is 0.413 e. The second kappa shape index (κ2) is 17.3. The van der Waals surface area contributed by atoms with Gasteiger partial charge in [0.1, 0.15) is 34.0 Å². The van der Waals surface area contributed by atoms with Gasteiger partial charge in [-0.3, -0.25) is 19.8 Å². The minimum absolute atomic E-state index is 0.0114. The van der Waals surface area contributed by atoms with Crippen LogP contribution in [0.1, 0.15) is 78.3 Å². The van der Waals surface area contributed by atoms with Gasteiger partial charge in [-0.15, -0.1) is 23.1 Å². The Labute approximate surface area is 347 Å². The van der Waals surface area contributed by atoms with E-state index in [1.165, 1.54) is 35.9 Å². The monoisotopic (exact) mass is 917 g/mol. The molecule has 2 aromatic carbocycles.